The molecule has 1 fully saturated rings. The van der Waals surface area contributed by atoms with Gasteiger partial charge in [0.2, 0.25) is 23.6 Å². The maximum atomic E-state index is 14.5. The second kappa shape index (κ2) is 28.2. The second-order valence-electron chi connectivity index (χ2n) is 17.2. The molecule has 1 saturated heterocycles. The van der Waals surface area contributed by atoms with E-state index in [-0.39, 0.29) is 48.3 Å². The Balaban J connectivity index is 2.20. The number of nitrogens with zero attached hydrogens (tertiary/aromatic N) is 3. The third kappa shape index (κ3) is 16.4. The van der Waals surface area contributed by atoms with E-state index in [4.69, 9.17) is 24.8 Å². The van der Waals surface area contributed by atoms with Crippen molar-refractivity contribution >= 4 is 29.6 Å². The Morgan fingerprint density at radius 2 is 1.50 bits per heavy atom. The van der Waals surface area contributed by atoms with E-state index in [0.29, 0.717) is 65.4 Å². The number of carboxylic acid groups (broad SMARTS) is 1. The normalized spacial score (nSPS) is 18.2. The lowest BCUT2D eigenvalue weighted by atomic mass is 9.89. The Hall–Kier alpha value is -3.71. The largest absolute Gasteiger partial charge is 0.480 e. The van der Waals surface area contributed by atoms with Crippen LogP contribution in [0.3, 0.4) is 0 Å². The summed E-state index contributed by atoms with van der Waals surface area (Å²) in [5.41, 5.74) is 0.777. The zero-order chi connectivity index (χ0) is 46.5. The van der Waals surface area contributed by atoms with Crippen molar-refractivity contribution in [3.8, 4) is 0 Å². The fourth-order valence-corrected chi connectivity index (χ4v) is 8.42. The van der Waals surface area contributed by atoms with Crippen LogP contribution in [0, 0.1) is 23.7 Å². The highest BCUT2D eigenvalue weighted by Crippen LogP contribution is 2.30. The van der Waals surface area contributed by atoms with Crippen molar-refractivity contribution in [2.75, 3.05) is 74.4 Å². The van der Waals surface area contributed by atoms with Gasteiger partial charge < -0.3 is 49.3 Å². The van der Waals surface area contributed by atoms with E-state index in [1.807, 2.05) is 83.8 Å². The van der Waals surface area contributed by atoms with Crippen molar-refractivity contribution in [2.45, 2.75) is 123 Å². The Morgan fingerprint density at radius 1 is 0.871 bits per heavy atom. The first kappa shape index (κ1) is 54.4. The predicted molar refractivity (Wildman–Crippen MR) is 236 cm³/mol. The fraction of sp³-hybridized carbons (Fsp3) is 0.756. The zero-order valence-corrected chi connectivity index (χ0v) is 39.2. The molecule has 1 heterocycles. The van der Waals surface area contributed by atoms with Gasteiger partial charge >= 0.3 is 5.97 Å². The van der Waals surface area contributed by atoms with Crippen LogP contribution in [0.4, 0.5) is 0 Å². The Bertz CT molecular complexity index is 1500. The van der Waals surface area contributed by atoms with Crippen LogP contribution in [0.2, 0.25) is 0 Å². The van der Waals surface area contributed by atoms with Gasteiger partial charge in [-0.1, -0.05) is 85.2 Å². The lowest BCUT2D eigenvalue weighted by molar-refractivity contribution is -0.148. The number of hydrogen-bond donors (Lipinski definition) is 4. The first-order valence-electron chi connectivity index (χ1n) is 22.1. The molecule has 1 aromatic carbocycles. The van der Waals surface area contributed by atoms with Gasteiger partial charge in [0, 0.05) is 40.8 Å². The third-order valence-corrected chi connectivity index (χ3v) is 12.1. The van der Waals surface area contributed by atoms with E-state index in [0.717, 1.165) is 5.56 Å². The summed E-state index contributed by atoms with van der Waals surface area (Å²) >= 11 is 0. The van der Waals surface area contributed by atoms with E-state index in [1.54, 1.807) is 23.8 Å². The standard InChI is InChI=1S/C45H78N6O11/c1-12-31(6)40(50(9)44(55)38(29(2)3)48-43(54)39(30(4)5)49(8)21-22-60-23-24-61-25-26-62-46)36(58-10)28-37(52)51-20-16-19-35(51)41(59-11)32(7)42(53)47-34(45(56)57)27-33-17-14-13-15-18-33/h13-15,17-18,29-32,34-36,38-41H,12,16,19-28,46H2,1-11H3,(H,47,53)(H,48,54)(H,56,57)/t31-,32+,34-,35-,36+,38-,39-,40-,41+/m0/s1. The molecule has 4 amide bonds. The van der Waals surface area contributed by atoms with E-state index >= 15 is 0 Å². The number of likely N-dealkylation sites (N-methyl/N-ethyl adjacent to an activating group) is 2. The molecule has 62 heavy (non-hydrogen) atoms. The number of rotatable bonds is 30. The van der Waals surface area contributed by atoms with Crippen LogP contribution >= 0.6 is 0 Å². The third-order valence-electron chi connectivity index (χ3n) is 12.1. The van der Waals surface area contributed by atoms with Gasteiger partial charge in [0.25, 0.3) is 0 Å². The van der Waals surface area contributed by atoms with Crippen LogP contribution in [0.1, 0.15) is 79.7 Å². The number of ether oxygens (including phenoxy) is 4. The van der Waals surface area contributed by atoms with Gasteiger partial charge in [-0.05, 0) is 43.2 Å². The molecule has 0 spiro atoms. The maximum absolute atomic E-state index is 14.5. The predicted octanol–water partition coefficient (Wildman–Crippen LogP) is 2.74. The number of nitrogens with two attached hydrogens (primary N) is 1. The Morgan fingerprint density at radius 3 is 2.05 bits per heavy atom. The smallest absolute Gasteiger partial charge is 0.326 e. The molecule has 2 rings (SSSR count). The molecule has 0 aliphatic carbocycles. The summed E-state index contributed by atoms with van der Waals surface area (Å²) in [4.78, 5) is 78.2. The van der Waals surface area contributed by atoms with Gasteiger partial charge in [0.05, 0.1) is 75.7 Å². The van der Waals surface area contributed by atoms with Crippen molar-refractivity contribution < 1.29 is 52.9 Å². The molecule has 17 nitrogen and oxygen atoms in total. The number of carboxylic acids is 1. The number of amides is 4. The average molecular weight is 879 g/mol. The summed E-state index contributed by atoms with van der Waals surface area (Å²) in [5.74, 6) is 1.45. The molecule has 1 aliphatic rings. The Kier molecular flexibility index (Phi) is 24.7. The van der Waals surface area contributed by atoms with Crippen molar-refractivity contribution in [1.82, 2.24) is 25.3 Å². The van der Waals surface area contributed by atoms with Crippen molar-refractivity contribution in [3.63, 3.8) is 0 Å². The molecule has 0 aromatic heterocycles. The van der Waals surface area contributed by atoms with Gasteiger partial charge in [-0.15, -0.1) is 0 Å². The number of hydrogen-bond acceptors (Lipinski definition) is 12. The van der Waals surface area contributed by atoms with Crippen molar-refractivity contribution in [1.29, 1.82) is 0 Å². The number of nitrogens with one attached hydrogen (secondary N) is 2. The van der Waals surface area contributed by atoms with E-state index in [9.17, 15) is 29.1 Å². The van der Waals surface area contributed by atoms with Crippen molar-refractivity contribution in [3.05, 3.63) is 35.9 Å². The SMILES string of the molecule is CC[C@H](C)[C@@H]([C@@H](CC(=O)N1CCC[C@H]1[C@H](OC)[C@@H](C)C(=O)N[C@@H](Cc1ccccc1)C(=O)O)OC)N(C)C(=O)[C@@H](NC(=O)[C@H](C(C)C)N(C)CCOCCOCCON)C(C)C. The Labute approximate surface area is 370 Å². The number of likely N-dealkylation sites (tertiary alicyclic amines) is 1. The molecule has 0 unspecified atom stereocenters. The highest BCUT2D eigenvalue weighted by atomic mass is 16.6. The number of carbonyl (C=O) groups is 5. The van der Waals surface area contributed by atoms with Crippen molar-refractivity contribution in [2.24, 2.45) is 29.6 Å². The average Bonchev–Trinajstić information content (AvgIpc) is 3.72. The molecule has 0 saturated carbocycles. The minimum atomic E-state index is -1.15. The molecule has 5 N–H and O–H groups in total. The van der Waals surface area contributed by atoms with Crippen LogP contribution in [-0.2, 0) is 54.2 Å². The number of carbonyl (C=O) groups excluding carboxylic acids is 4. The lowest BCUT2D eigenvalue weighted by Gasteiger charge is -2.41. The van der Waals surface area contributed by atoms with Crippen LogP contribution < -0.4 is 16.5 Å². The molecular formula is C45H78N6O11. The maximum Gasteiger partial charge on any atom is 0.326 e. The molecule has 9 atom stereocenters. The quantitative estimate of drug-likeness (QED) is 0.0648. The monoisotopic (exact) mass is 879 g/mol. The molecule has 0 bridgehead atoms. The van der Waals surface area contributed by atoms with Crippen LogP contribution in [0.25, 0.3) is 0 Å². The van der Waals surface area contributed by atoms with Gasteiger partial charge in [0.1, 0.15) is 12.1 Å². The molecule has 1 aliphatic heterocycles. The summed E-state index contributed by atoms with van der Waals surface area (Å²) < 4.78 is 23.0. The number of methoxy groups -OCH3 is 2. The summed E-state index contributed by atoms with van der Waals surface area (Å²) in [5, 5.41) is 15.7. The number of benzene rings is 1. The molecule has 0 radical (unpaired) electrons. The van der Waals surface area contributed by atoms with E-state index in [1.165, 1.54) is 14.2 Å². The minimum Gasteiger partial charge on any atom is -0.480 e. The fourth-order valence-electron chi connectivity index (χ4n) is 8.42. The highest BCUT2D eigenvalue weighted by molar-refractivity contribution is 5.90. The summed E-state index contributed by atoms with van der Waals surface area (Å²) in [6.45, 7) is 16.2. The molecule has 1 aromatic rings. The zero-order valence-electron chi connectivity index (χ0n) is 39.2. The molecule has 17 heteroatoms. The highest BCUT2D eigenvalue weighted by Gasteiger charge is 2.43. The van der Waals surface area contributed by atoms with Crippen LogP contribution in [-0.4, -0.2) is 166 Å². The molecular weight excluding hydrogens is 801 g/mol. The van der Waals surface area contributed by atoms with Crippen LogP contribution in [0.5, 0.6) is 0 Å². The summed E-state index contributed by atoms with van der Waals surface area (Å²) in [6.07, 6.45) is 0.658. The van der Waals surface area contributed by atoms with Gasteiger partial charge in [-0.2, -0.15) is 0 Å². The summed E-state index contributed by atoms with van der Waals surface area (Å²) in [7, 11) is 6.59. The molecule has 354 valence electrons. The van der Waals surface area contributed by atoms with E-state index in [2.05, 4.69) is 15.5 Å². The van der Waals surface area contributed by atoms with E-state index < -0.39 is 60.2 Å². The van der Waals surface area contributed by atoms with Gasteiger partial charge in [-0.25, -0.2) is 10.7 Å². The van der Waals surface area contributed by atoms with Gasteiger partial charge in [0.15, 0.2) is 0 Å². The second-order valence-corrected chi connectivity index (χ2v) is 17.2. The first-order valence-corrected chi connectivity index (χ1v) is 22.1. The number of aliphatic carboxylic acids is 1. The lowest BCUT2D eigenvalue weighted by Crippen LogP contribution is -2.60. The summed E-state index contributed by atoms with van der Waals surface area (Å²) in [6, 6.07) is 5.60. The van der Waals surface area contributed by atoms with Crippen LogP contribution in [0.15, 0.2) is 30.3 Å². The first-order chi connectivity index (χ1) is 29.4. The topological polar surface area (TPSA) is 212 Å². The minimum absolute atomic E-state index is 0.0377. The van der Waals surface area contributed by atoms with Gasteiger partial charge in [-0.3, -0.25) is 24.1 Å².